The molecule has 4 heteroatoms. The number of hydrogen-bond acceptors (Lipinski definition) is 3. The Labute approximate surface area is 794 Å². The molecule has 0 N–H and O–H groups in total. The van der Waals surface area contributed by atoms with Crippen LogP contribution in [0, 0.1) is 81.0 Å². The summed E-state index contributed by atoms with van der Waals surface area (Å²) >= 11 is 0. The number of halogens is 1. The van der Waals surface area contributed by atoms with Gasteiger partial charge in [-0.2, -0.15) is 0 Å². The van der Waals surface area contributed by atoms with Crippen LogP contribution in [0.15, 0.2) is 182 Å². The molecular weight excluding hydrogens is 1590 g/mol. The molecule has 0 spiro atoms. The molecule has 14 aromatic rings. The zero-order valence-corrected chi connectivity index (χ0v) is 89.3. The van der Waals surface area contributed by atoms with E-state index in [1.807, 2.05) is 38.2 Å². The second kappa shape index (κ2) is 39.5. The van der Waals surface area contributed by atoms with E-state index in [1.165, 1.54) is 197 Å². The summed E-state index contributed by atoms with van der Waals surface area (Å²) in [6, 6.07) is 64.9. The van der Waals surface area contributed by atoms with Gasteiger partial charge >= 0.3 is 0 Å². The Morgan fingerprint density at radius 1 is 0.298 bits per heavy atom. The van der Waals surface area contributed by atoms with E-state index < -0.39 is 0 Å². The SMILES string of the molecule is Cc1c(C(C)(C)C)c(F)c(C(C)(C)C)c2ccccc12.Cc1c(C(C)(C)C)cc(-c2c(C(C)C)cccc2C(C)C)c2ccccc12.Cc1c(C(C)(C)C)cc(CC2CCCC2)c2ccccc12.Cc1ccc2c(C)c(C(C)(C)C)cc(C(C)(C)C)c2n1.Cc1cccc(C)c1-c1cc(C(C)(C)C)c(C)c2ccccc12.Cc1ncc2c(C)c(C(C)(C)C)cc(C(C)(C)C)c2n1. The number of pyridine rings is 1. The summed E-state index contributed by atoms with van der Waals surface area (Å²) < 4.78 is 15.3. The first-order valence-electron chi connectivity index (χ1n) is 49.2. The quantitative estimate of drug-likeness (QED) is 0.167. The maximum Gasteiger partial charge on any atom is 0.131 e. The molecule has 1 aliphatic carbocycles. The van der Waals surface area contributed by atoms with Crippen LogP contribution in [-0.4, -0.2) is 15.0 Å². The first-order chi connectivity index (χ1) is 60.5. The molecule has 0 radical (unpaired) electrons. The molecule has 0 aliphatic heterocycles. The Balaban J connectivity index is 0.000000164. The van der Waals surface area contributed by atoms with Gasteiger partial charge in [-0.05, 0) is 331 Å². The number of hydrogen-bond donors (Lipinski definition) is 0. The van der Waals surface area contributed by atoms with Crippen LogP contribution in [0.1, 0.15) is 375 Å². The van der Waals surface area contributed by atoms with E-state index in [2.05, 4.69) is 433 Å². The van der Waals surface area contributed by atoms with Crippen molar-refractivity contribution in [1.29, 1.82) is 0 Å². The van der Waals surface area contributed by atoms with Crippen molar-refractivity contribution in [3.05, 3.63) is 311 Å². The van der Waals surface area contributed by atoms with E-state index in [4.69, 9.17) is 9.97 Å². The molecule has 131 heavy (non-hydrogen) atoms. The molecule has 696 valence electrons. The van der Waals surface area contributed by atoms with Crippen LogP contribution < -0.4 is 0 Å². The van der Waals surface area contributed by atoms with Crippen LogP contribution >= 0.6 is 0 Å². The van der Waals surface area contributed by atoms with Gasteiger partial charge in [-0.15, -0.1) is 0 Å². The third-order valence-electron chi connectivity index (χ3n) is 27.6. The molecule has 1 saturated carbocycles. The number of fused-ring (bicyclic) bond motifs is 6. The van der Waals surface area contributed by atoms with E-state index in [0.29, 0.717) is 11.8 Å². The molecule has 0 amide bonds. The first kappa shape index (κ1) is 103. The van der Waals surface area contributed by atoms with Gasteiger partial charge in [0.1, 0.15) is 11.6 Å². The molecule has 0 unspecified atom stereocenters. The highest BCUT2D eigenvalue weighted by Crippen LogP contribution is 2.48. The van der Waals surface area contributed by atoms with Gasteiger partial charge in [-0.25, -0.2) is 14.4 Å². The summed E-state index contributed by atoms with van der Waals surface area (Å²) in [5.74, 6) is 2.71. The summed E-state index contributed by atoms with van der Waals surface area (Å²) in [7, 11) is 0. The molecule has 0 bridgehead atoms. The fraction of sp³-hybridized carbons (Fsp3) is 0.457. The van der Waals surface area contributed by atoms with Gasteiger partial charge in [0.05, 0.1) is 11.0 Å². The minimum Gasteiger partial charge on any atom is -0.253 e. The number of nitrogens with zero attached hydrogens (tertiary/aromatic N) is 3. The molecule has 1 fully saturated rings. The minimum absolute atomic E-state index is 0.0267. The van der Waals surface area contributed by atoms with Crippen molar-refractivity contribution in [2.45, 2.75) is 377 Å². The molecule has 2 aromatic heterocycles. The van der Waals surface area contributed by atoms with Crippen LogP contribution in [0.3, 0.4) is 0 Å². The smallest absolute Gasteiger partial charge is 0.131 e. The summed E-state index contributed by atoms with van der Waals surface area (Å²) in [6.07, 6.45) is 8.96. The van der Waals surface area contributed by atoms with Crippen molar-refractivity contribution >= 4 is 64.9 Å². The fourth-order valence-corrected chi connectivity index (χ4v) is 21.0. The summed E-state index contributed by atoms with van der Waals surface area (Å²) in [5, 5.41) is 13.1. The van der Waals surface area contributed by atoms with E-state index in [0.717, 1.165) is 45.0 Å². The first-order valence-corrected chi connectivity index (χ1v) is 49.2. The topological polar surface area (TPSA) is 38.7 Å². The number of benzene rings is 12. The zero-order chi connectivity index (χ0) is 97.6. The minimum atomic E-state index is -0.211. The fourth-order valence-electron chi connectivity index (χ4n) is 21.0. The highest BCUT2D eigenvalue weighted by atomic mass is 19.1. The van der Waals surface area contributed by atoms with Gasteiger partial charge in [0, 0.05) is 28.2 Å². The van der Waals surface area contributed by atoms with Gasteiger partial charge in [0.15, 0.2) is 0 Å². The zero-order valence-electron chi connectivity index (χ0n) is 89.3. The Morgan fingerprint density at radius 3 is 1.02 bits per heavy atom. The number of aryl methyl sites for hydroxylation is 10. The van der Waals surface area contributed by atoms with Crippen LogP contribution in [0.2, 0.25) is 0 Å². The lowest BCUT2D eigenvalue weighted by Crippen LogP contribution is -2.22. The molecule has 1 aliphatic rings. The molecule has 15 rings (SSSR count). The van der Waals surface area contributed by atoms with Crippen molar-refractivity contribution in [1.82, 2.24) is 15.0 Å². The molecule has 0 atom stereocenters. The van der Waals surface area contributed by atoms with Crippen molar-refractivity contribution in [3.8, 4) is 22.3 Å². The van der Waals surface area contributed by atoms with E-state index in [1.54, 1.807) is 5.56 Å². The Morgan fingerprint density at radius 2 is 0.626 bits per heavy atom. The average Bonchev–Trinajstić information content (AvgIpc) is 1.00. The van der Waals surface area contributed by atoms with Crippen LogP contribution in [0.25, 0.3) is 87.1 Å². The van der Waals surface area contributed by atoms with Gasteiger partial charge in [-0.1, -0.05) is 398 Å². The molecule has 2 heterocycles. The van der Waals surface area contributed by atoms with Crippen LogP contribution in [-0.2, 0) is 55.2 Å². The maximum absolute atomic E-state index is 15.3. The lowest BCUT2D eigenvalue weighted by molar-refractivity contribution is 0.483. The molecular formula is C127H166FN3. The second-order valence-electron chi connectivity index (χ2n) is 48.5. The second-order valence-corrected chi connectivity index (χ2v) is 48.5. The Hall–Kier alpha value is -9.64. The predicted octanol–water partition coefficient (Wildman–Crippen LogP) is 37.4. The van der Waals surface area contributed by atoms with Gasteiger partial charge in [-0.3, -0.25) is 4.98 Å². The normalized spacial score (nSPS) is 13.3. The molecule has 12 aromatic carbocycles. The Bertz CT molecular complexity index is 6310. The summed E-state index contributed by atoms with van der Waals surface area (Å²) in [4.78, 5) is 13.9. The van der Waals surface area contributed by atoms with Crippen molar-refractivity contribution < 1.29 is 4.39 Å². The highest BCUT2D eigenvalue weighted by molar-refractivity contribution is 6.03. The largest absolute Gasteiger partial charge is 0.253 e. The monoisotopic (exact) mass is 1750 g/mol. The maximum atomic E-state index is 15.3. The summed E-state index contributed by atoms with van der Waals surface area (Å²) in [5.41, 5.74) is 36.3. The van der Waals surface area contributed by atoms with Gasteiger partial charge in [0.2, 0.25) is 0 Å². The lowest BCUT2D eigenvalue weighted by Gasteiger charge is -2.30. The Kier molecular flexibility index (Phi) is 31.2. The average molecular weight is 1750 g/mol. The highest BCUT2D eigenvalue weighted by Gasteiger charge is 2.34. The standard InChI is InChI=1S/C27H34.C23H26.C21H28.C19H25F.C19H27N.C18H26N2/c1-17(2)20-14-11-15-21(18(3)4)26(20)24-16-25(27(6,7)8)19(5)22-12-9-10-13-23(22)24;1-15-10-9-11-16(2)22(15)20-14-21(23(4,5)6)17(3)18-12-7-8-13-19(18)20;1-15-18-11-7-8-12-19(18)17(13-16-9-5-6-10-16)14-20(15)21(2,3)4;1-12-13-10-8-9-11-14(13)16(19(5,6)7)17(20)15(12)18(2,3)4;1-12-9-10-14-13(2)15(18(3,4)5)11-16(17(14)20-12)19(6,7)8;1-11-13-10-19-12(2)20-16(13)15(18(6,7)8)9-14(11)17(3,4)5/h9-18H,1-8H3;7-14H,1-6H3;7-8,11-12,14,16H,5-6,9-10,13H2,1-4H3;8-11H,1-7H3;9-11H,1-8H3;9-10H,1-8H3. The van der Waals surface area contributed by atoms with Crippen molar-refractivity contribution in [3.63, 3.8) is 0 Å². The third-order valence-corrected chi connectivity index (χ3v) is 27.6. The van der Waals surface area contributed by atoms with Gasteiger partial charge in [0.25, 0.3) is 0 Å². The molecule has 3 nitrogen and oxygen atoms in total. The van der Waals surface area contributed by atoms with Gasteiger partial charge < -0.3 is 0 Å². The summed E-state index contributed by atoms with van der Waals surface area (Å²) in [6.45, 7) is 91.6. The van der Waals surface area contributed by atoms with Crippen LogP contribution in [0.5, 0.6) is 0 Å². The number of aromatic nitrogens is 3. The third kappa shape index (κ3) is 23.2. The number of rotatable bonds is 6. The van der Waals surface area contributed by atoms with Crippen molar-refractivity contribution in [2.24, 2.45) is 5.92 Å². The lowest BCUT2D eigenvalue weighted by atomic mass is 9.75. The molecule has 0 saturated heterocycles. The van der Waals surface area contributed by atoms with E-state index >= 15 is 4.39 Å². The van der Waals surface area contributed by atoms with E-state index in [-0.39, 0.29) is 54.6 Å². The van der Waals surface area contributed by atoms with Crippen molar-refractivity contribution in [2.75, 3.05) is 0 Å². The van der Waals surface area contributed by atoms with Crippen LogP contribution in [0.4, 0.5) is 4.39 Å². The predicted molar refractivity (Wildman–Crippen MR) is 577 cm³/mol. The van der Waals surface area contributed by atoms with E-state index in [9.17, 15) is 0 Å².